The zero-order valence-corrected chi connectivity index (χ0v) is 11.9. The van der Waals surface area contributed by atoms with Crippen LogP contribution in [-0.4, -0.2) is 0 Å². The lowest BCUT2D eigenvalue weighted by molar-refractivity contribution is 1.12. The molecule has 0 radical (unpaired) electrons. The van der Waals surface area contributed by atoms with Crippen LogP contribution in [0, 0.1) is 0 Å². The summed E-state index contributed by atoms with van der Waals surface area (Å²) >= 11 is 12.1. The molecule has 2 heteroatoms. The Morgan fingerprint density at radius 2 is 1.50 bits per heavy atom. The summed E-state index contributed by atoms with van der Waals surface area (Å²) in [6, 6.07) is 14.7. The van der Waals surface area contributed by atoms with Gasteiger partial charge in [0.2, 0.25) is 0 Å². The standard InChI is InChI=1S/C16H16Cl2/c1-2-12-3-5-13(6-4-12)9-15-10-14(11-17)7-8-16(15)18/h3-8,10H,2,9,11H2,1H3. The highest BCUT2D eigenvalue weighted by Crippen LogP contribution is 2.22. The number of halogens is 2. The second-order valence-corrected chi connectivity index (χ2v) is 5.08. The number of hydrogen-bond acceptors (Lipinski definition) is 0. The van der Waals surface area contributed by atoms with Crippen LogP contribution in [0.2, 0.25) is 5.02 Å². The van der Waals surface area contributed by atoms with Crippen molar-refractivity contribution in [3.63, 3.8) is 0 Å². The van der Waals surface area contributed by atoms with Gasteiger partial charge in [-0.05, 0) is 41.2 Å². The van der Waals surface area contributed by atoms with E-state index in [1.54, 1.807) is 0 Å². The lowest BCUT2D eigenvalue weighted by Gasteiger charge is -2.07. The van der Waals surface area contributed by atoms with E-state index in [0.717, 1.165) is 29.0 Å². The van der Waals surface area contributed by atoms with Crippen molar-refractivity contribution in [2.45, 2.75) is 25.6 Å². The Balaban J connectivity index is 2.21. The van der Waals surface area contributed by atoms with Gasteiger partial charge >= 0.3 is 0 Å². The predicted octanol–water partition coefficient (Wildman–Crippen LogP) is 5.23. The van der Waals surface area contributed by atoms with Crippen LogP contribution in [0.4, 0.5) is 0 Å². The van der Waals surface area contributed by atoms with Crippen LogP contribution < -0.4 is 0 Å². The second-order valence-electron chi connectivity index (χ2n) is 4.41. The summed E-state index contributed by atoms with van der Waals surface area (Å²) in [4.78, 5) is 0. The Morgan fingerprint density at radius 3 is 2.11 bits per heavy atom. The van der Waals surface area contributed by atoms with Gasteiger partial charge in [0.25, 0.3) is 0 Å². The number of benzene rings is 2. The van der Waals surface area contributed by atoms with Crippen LogP contribution in [-0.2, 0) is 18.7 Å². The van der Waals surface area contributed by atoms with Crippen LogP contribution in [0.3, 0.4) is 0 Å². The molecule has 0 aromatic heterocycles. The summed E-state index contributed by atoms with van der Waals surface area (Å²) in [7, 11) is 0. The molecule has 2 aromatic carbocycles. The van der Waals surface area contributed by atoms with Gasteiger partial charge in [-0.1, -0.05) is 54.9 Å². The second kappa shape index (κ2) is 6.26. The smallest absolute Gasteiger partial charge is 0.0474 e. The first-order chi connectivity index (χ1) is 8.72. The third-order valence-corrected chi connectivity index (χ3v) is 3.77. The molecule has 18 heavy (non-hydrogen) atoms. The average molecular weight is 279 g/mol. The topological polar surface area (TPSA) is 0 Å². The zero-order chi connectivity index (χ0) is 13.0. The third kappa shape index (κ3) is 3.28. The van der Waals surface area contributed by atoms with Crippen LogP contribution in [0.1, 0.15) is 29.2 Å². The molecule has 0 saturated heterocycles. The number of alkyl halides is 1. The lowest BCUT2D eigenvalue weighted by Crippen LogP contribution is -1.92. The average Bonchev–Trinajstić information content (AvgIpc) is 2.42. The predicted molar refractivity (Wildman–Crippen MR) is 79.6 cm³/mol. The molecule has 2 aromatic rings. The molecule has 0 spiro atoms. The molecule has 94 valence electrons. The van der Waals surface area contributed by atoms with Crippen molar-refractivity contribution in [1.29, 1.82) is 0 Å². The zero-order valence-electron chi connectivity index (χ0n) is 10.4. The van der Waals surface area contributed by atoms with Gasteiger partial charge in [0.05, 0.1) is 0 Å². The van der Waals surface area contributed by atoms with E-state index < -0.39 is 0 Å². The normalized spacial score (nSPS) is 10.6. The minimum Gasteiger partial charge on any atom is -0.122 e. The summed E-state index contributed by atoms with van der Waals surface area (Å²) in [5.74, 6) is 0.527. The molecule has 0 unspecified atom stereocenters. The largest absolute Gasteiger partial charge is 0.122 e. The van der Waals surface area contributed by atoms with Gasteiger partial charge in [0, 0.05) is 10.9 Å². The first kappa shape index (κ1) is 13.5. The monoisotopic (exact) mass is 278 g/mol. The fourth-order valence-electron chi connectivity index (χ4n) is 1.96. The van der Waals surface area contributed by atoms with Crippen molar-refractivity contribution < 1.29 is 0 Å². The maximum Gasteiger partial charge on any atom is 0.0474 e. The minimum atomic E-state index is 0.527. The fourth-order valence-corrected chi connectivity index (χ4v) is 2.31. The van der Waals surface area contributed by atoms with E-state index in [1.165, 1.54) is 11.1 Å². The molecule has 0 bridgehead atoms. The van der Waals surface area contributed by atoms with Gasteiger partial charge < -0.3 is 0 Å². The molecule has 0 amide bonds. The molecule has 0 aliphatic carbocycles. The van der Waals surface area contributed by atoms with Crippen LogP contribution in [0.5, 0.6) is 0 Å². The third-order valence-electron chi connectivity index (χ3n) is 3.09. The molecular formula is C16H16Cl2. The van der Waals surface area contributed by atoms with Gasteiger partial charge in [-0.3, -0.25) is 0 Å². The summed E-state index contributed by atoms with van der Waals surface area (Å²) in [5, 5.41) is 0.809. The van der Waals surface area contributed by atoms with E-state index in [2.05, 4.69) is 37.3 Å². The van der Waals surface area contributed by atoms with Crippen molar-refractivity contribution in [3.8, 4) is 0 Å². The maximum absolute atomic E-state index is 6.22. The van der Waals surface area contributed by atoms with E-state index >= 15 is 0 Å². The molecule has 0 N–H and O–H groups in total. The molecular weight excluding hydrogens is 263 g/mol. The maximum atomic E-state index is 6.22. The highest BCUT2D eigenvalue weighted by Gasteiger charge is 2.03. The minimum absolute atomic E-state index is 0.527. The summed E-state index contributed by atoms with van der Waals surface area (Å²) in [6.45, 7) is 2.16. The van der Waals surface area contributed by atoms with Gasteiger partial charge in [0.15, 0.2) is 0 Å². The molecule has 0 atom stereocenters. The first-order valence-corrected chi connectivity index (χ1v) is 7.05. The van der Waals surface area contributed by atoms with Gasteiger partial charge in [-0.15, -0.1) is 11.6 Å². The van der Waals surface area contributed by atoms with Crippen LogP contribution in [0.15, 0.2) is 42.5 Å². The molecule has 0 nitrogen and oxygen atoms in total. The summed E-state index contributed by atoms with van der Waals surface area (Å²) in [5.41, 5.74) is 4.89. The van der Waals surface area contributed by atoms with Gasteiger partial charge in [-0.25, -0.2) is 0 Å². The van der Waals surface area contributed by atoms with E-state index in [4.69, 9.17) is 23.2 Å². The first-order valence-electron chi connectivity index (χ1n) is 6.14. The van der Waals surface area contributed by atoms with Crippen molar-refractivity contribution in [1.82, 2.24) is 0 Å². The number of aryl methyl sites for hydroxylation is 1. The van der Waals surface area contributed by atoms with Crippen molar-refractivity contribution in [2.24, 2.45) is 0 Å². The Morgan fingerprint density at radius 1 is 0.889 bits per heavy atom. The van der Waals surface area contributed by atoms with Crippen LogP contribution >= 0.6 is 23.2 Å². The SMILES string of the molecule is CCc1ccc(Cc2cc(CCl)ccc2Cl)cc1. The Labute approximate surface area is 119 Å². The van der Waals surface area contributed by atoms with E-state index in [-0.39, 0.29) is 0 Å². The molecule has 0 fully saturated rings. The van der Waals surface area contributed by atoms with Crippen molar-refractivity contribution in [3.05, 3.63) is 69.7 Å². The van der Waals surface area contributed by atoms with Crippen molar-refractivity contribution in [2.75, 3.05) is 0 Å². The van der Waals surface area contributed by atoms with Gasteiger partial charge in [-0.2, -0.15) is 0 Å². The Bertz CT molecular complexity index is 515. The number of rotatable bonds is 4. The fraction of sp³-hybridized carbons (Fsp3) is 0.250. The van der Waals surface area contributed by atoms with Gasteiger partial charge in [0.1, 0.15) is 0 Å². The number of hydrogen-bond donors (Lipinski definition) is 0. The summed E-state index contributed by atoms with van der Waals surface area (Å²) < 4.78 is 0. The molecule has 0 aliphatic heterocycles. The lowest BCUT2D eigenvalue weighted by atomic mass is 10.0. The van der Waals surface area contributed by atoms with E-state index in [1.807, 2.05) is 12.1 Å². The van der Waals surface area contributed by atoms with E-state index in [9.17, 15) is 0 Å². The quantitative estimate of drug-likeness (QED) is 0.672. The Kier molecular flexibility index (Phi) is 4.68. The molecule has 0 saturated carbocycles. The highest BCUT2D eigenvalue weighted by atomic mass is 35.5. The van der Waals surface area contributed by atoms with Crippen LogP contribution in [0.25, 0.3) is 0 Å². The highest BCUT2D eigenvalue weighted by molar-refractivity contribution is 6.31. The molecule has 0 heterocycles. The van der Waals surface area contributed by atoms with E-state index in [0.29, 0.717) is 5.88 Å². The molecule has 0 aliphatic rings. The summed E-state index contributed by atoms with van der Waals surface area (Å²) in [6.07, 6.45) is 1.93. The van der Waals surface area contributed by atoms with Crippen molar-refractivity contribution >= 4 is 23.2 Å². The Hall–Kier alpha value is -0.980. The molecule has 2 rings (SSSR count).